The van der Waals surface area contributed by atoms with Crippen LogP contribution < -0.4 is 10.7 Å². The summed E-state index contributed by atoms with van der Waals surface area (Å²) in [5.74, 6) is -0.512. The Morgan fingerprint density at radius 1 is 1.18 bits per heavy atom. The molecule has 2 aromatic heterocycles. The Labute approximate surface area is 227 Å². The molecule has 0 aliphatic heterocycles. The molecule has 2 saturated carbocycles. The standard InChI is InChI=1S/C17H17ClFN5O.C6H12.C4H7NO2/c1-9(2)17-12-5-10(6-14(19)16(12)21-24(17)4)11-7-15(23(3)22-25)20-8-13(11)18;1-2-4-6-5-3-1;5-3(6)4(7)1-2-4/h5-9H,1-4H3;1-6H2;7H,1-2H2,(H2,5,6). The molecular formula is C27H36ClFN6O3. The van der Waals surface area contributed by atoms with Gasteiger partial charge in [-0.05, 0) is 42.5 Å². The number of carbonyl (C=O) groups excluding carboxylic acids is 1. The number of pyridine rings is 1. The molecular weight excluding hydrogens is 511 g/mol. The van der Waals surface area contributed by atoms with Crippen molar-refractivity contribution in [3.05, 3.63) is 45.8 Å². The van der Waals surface area contributed by atoms with Crippen LogP contribution in [-0.2, 0) is 11.8 Å². The van der Waals surface area contributed by atoms with E-state index < -0.39 is 17.3 Å². The third kappa shape index (κ3) is 7.05. The molecule has 1 aromatic carbocycles. The summed E-state index contributed by atoms with van der Waals surface area (Å²) in [5, 5.41) is 18.0. The van der Waals surface area contributed by atoms with E-state index in [0.29, 0.717) is 40.3 Å². The average molecular weight is 547 g/mol. The maximum atomic E-state index is 14.6. The van der Waals surface area contributed by atoms with E-state index in [9.17, 15) is 14.1 Å². The molecule has 206 valence electrons. The summed E-state index contributed by atoms with van der Waals surface area (Å²) in [4.78, 5) is 24.8. The SMILES string of the molecule is C1CCCCC1.CC(C)c1c2cc(-c3cc(N(C)N=O)ncc3Cl)cc(F)c2nn1C.NC(=O)C1(O)CC1. The zero-order valence-corrected chi connectivity index (χ0v) is 23.1. The highest BCUT2D eigenvalue weighted by Crippen LogP contribution is 2.36. The Morgan fingerprint density at radius 3 is 2.21 bits per heavy atom. The van der Waals surface area contributed by atoms with Crippen molar-refractivity contribution in [1.82, 2.24) is 14.8 Å². The molecule has 11 heteroatoms. The van der Waals surface area contributed by atoms with E-state index in [1.807, 2.05) is 19.9 Å². The molecule has 38 heavy (non-hydrogen) atoms. The number of rotatable bonds is 5. The zero-order chi connectivity index (χ0) is 28.0. The maximum absolute atomic E-state index is 14.6. The van der Waals surface area contributed by atoms with Gasteiger partial charge in [0.25, 0.3) is 0 Å². The third-order valence-electron chi connectivity index (χ3n) is 6.77. The van der Waals surface area contributed by atoms with Crippen molar-refractivity contribution < 1.29 is 14.3 Å². The van der Waals surface area contributed by atoms with Gasteiger partial charge in [0.15, 0.2) is 11.6 Å². The number of amides is 1. The van der Waals surface area contributed by atoms with Crippen LogP contribution in [0.2, 0.25) is 5.02 Å². The largest absolute Gasteiger partial charge is 0.380 e. The van der Waals surface area contributed by atoms with Gasteiger partial charge in [-0.25, -0.2) is 14.4 Å². The number of carbonyl (C=O) groups is 1. The number of nitrogens with zero attached hydrogens (tertiary/aromatic N) is 5. The number of halogens is 2. The first kappa shape index (κ1) is 29.4. The summed E-state index contributed by atoms with van der Waals surface area (Å²) in [7, 11) is 3.28. The summed E-state index contributed by atoms with van der Waals surface area (Å²) in [6.07, 6.45) is 11.5. The number of aliphatic hydroxyl groups is 1. The molecule has 0 saturated heterocycles. The number of benzene rings is 1. The van der Waals surface area contributed by atoms with Crippen molar-refractivity contribution in [2.75, 3.05) is 12.1 Å². The number of hydrogen-bond acceptors (Lipinski definition) is 6. The van der Waals surface area contributed by atoms with Crippen molar-refractivity contribution in [2.24, 2.45) is 18.1 Å². The molecule has 3 N–H and O–H groups in total. The van der Waals surface area contributed by atoms with Gasteiger partial charge in [0.05, 0.1) is 10.3 Å². The number of nitroso groups, excluding NO2 is 1. The number of hydrogen-bond donors (Lipinski definition) is 2. The van der Waals surface area contributed by atoms with E-state index >= 15 is 0 Å². The van der Waals surface area contributed by atoms with Gasteiger partial charge < -0.3 is 10.8 Å². The van der Waals surface area contributed by atoms with Crippen LogP contribution in [-0.4, -0.2) is 38.4 Å². The molecule has 9 nitrogen and oxygen atoms in total. The van der Waals surface area contributed by atoms with E-state index in [0.717, 1.165) is 16.1 Å². The molecule has 2 aliphatic rings. The van der Waals surface area contributed by atoms with Crippen LogP contribution in [0.1, 0.15) is 76.8 Å². The molecule has 0 unspecified atom stereocenters. The maximum Gasteiger partial charge on any atom is 0.249 e. The molecule has 5 rings (SSSR count). The molecule has 3 aromatic rings. The van der Waals surface area contributed by atoms with Crippen molar-refractivity contribution >= 4 is 34.2 Å². The molecule has 0 atom stereocenters. The number of aromatic nitrogens is 3. The Balaban J connectivity index is 0.000000249. The van der Waals surface area contributed by atoms with Crippen LogP contribution in [0.15, 0.2) is 29.7 Å². The number of aryl methyl sites for hydroxylation is 1. The number of anilines is 1. The lowest BCUT2D eigenvalue weighted by Gasteiger charge is -2.12. The number of primary amides is 1. The molecule has 2 aliphatic carbocycles. The van der Waals surface area contributed by atoms with Gasteiger partial charge in [-0.15, -0.1) is 4.91 Å². The lowest BCUT2D eigenvalue weighted by molar-refractivity contribution is -0.127. The molecule has 1 amide bonds. The summed E-state index contributed by atoms with van der Waals surface area (Å²) in [5.41, 5.74) is 6.06. The number of nitrogens with two attached hydrogens (primary N) is 1. The van der Waals surface area contributed by atoms with Crippen LogP contribution >= 0.6 is 11.6 Å². The molecule has 0 radical (unpaired) electrons. The van der Waals surface area contributed by atoms with Gasteiger partial charge >= 0.3 is 0 Å². The summed E-state index contributed by atoms with van der Waals surface area (Å²) >= 11 is 6.26. The minimum Gasteiger partial charge on any atom is -0.380 e. The quantitative estimate of drug-likeness (QED) is 0.298. The zero-order valence-electron chi connectivity index (χ0n) is 22.4. The molecule has 0 spiro atoms. The minimum atomic E-state index is -1.11. The average Bonchev–Trinajstić information content (AvgIpc) is 3.56. The first-order chi connectivity index (χ1) is 18.0. The van der Waals surface area contributed by atoms with E-state index in [1.165, 1.54) is 57.8 Å². The number of fused-ring (bicyclic) bond motifs is 1. The van der Waals surface area contributed by atoms with Crippen LogP contribution in [0, 0.1) is 10.7 Å². The lowest BCUT2D eigenvalue weighted by atomic mass is 10.00. The Bertz CT molecular complexity index is 1280. The van der Waals surface area contributed by atoms with Gasteiger partial charge in [0, 0.05) is 36.9 Å². The fraction of sp³-hybridized carbons (Fsp3) is 0.519. The highest BCUT2D eigenvalue weighted by Gasteiger charge is 2.46. The summed E-state index contributed by atoms with van der Waals surface area (Å²) in [6.45, 7) is 4.06. The van der Waals surface area contributed by atoms with Crippen LogP contribution in [0.5, 0.6) is 0 Å². The Kier molecular flexibility index (Phi) is 9.78. The van der Waals surface area contributed by atoms with E-state index in [2.05, 4.69) is 15.4 Å². The van der Waals surface area contributed by atoms with Gasteiger partial charge in [-0.1, -0.05) is 64.0 Å². The first-order valence-electron chi connectivity index (χ1n) is 12.9. The summed E-state index contributed by atoms with van der Waals surface area (Å²) < 4.78 is 16.3. The fourth-order valence-electron chi connectivity index (χ4n) is 4.41. The van der Waals surface area contributed by atoms with Crippen molar-refractivity contribution in [3.8, 4) is 11.1 Å². The second-order valence-electron chi connectivity index (χ2n) is 10.2. The molecule has 2 fully saturated rings. The van der Waals surface area contributed by atoms with Gasteiger partial charge in [0.1, 0.15) is 11.1 Å². The van der Waals surface area contributed by atoms with Crippen molar-refractivity contribution in [3.63, 3.8) is 0 Å². The van der Waals surface area contributed by atoms with Crippen LogP contribution in [0.25, 0.3) is 22.0 Å². The van der Waals surface area contributed by atoms with E-state index in [-0.39, 0.29) is 5.92 Å². The third-order valence-corrected chi connectivity index (χ3v) is 7.07. The molecule has 2 heterocycles. The molecule has 0 bridgehead atoms. The van der Waals surface area contributed by atoms with Gasteiger partial charge in [0.2, 0.25) is 5.91 Å². The smallest absolute Gasteiger partial charge is 0.249 e. The predicted octanol–water partition coefficient (Wildman–Crippen LogP) is 6.01. The highest BCUT2D eigenvalue weighted by atomic mass is 35.5. The van der Waals surface area contributed by atoms with E-state index in [4.69, 9.17) is 22.4 Å². The topological polar surface area (TPSA) is 127 Å². The normalized spacial score (nSPS) is 15.7. The highest BCUT2D eigenvalue weighted by molar-refractivity contribution is 6.33. The minimum absolute atomic E-state index is 0.179. The second kappa shape index (κ2) is 12.6. The first-order valence-corrected chi connectivity index (χ1v) is 13.3. The van der Waals surface area contributed by atoms with Crippen LogP contribution in [0.4, 0.5) is 10.2 Å². The van der Waals surface area contributed by atoms with Gasteiger partial charge in [-0.2, -0.15) is 5.10 Å². The second-order valence-corrected chi connectivity index (χ2v) is 10.6. The fourth-order valence-corrected chi connectivity index (χ4v) is 4.62. The lowest BCUT2D eigenvalue weighted by Crippen LogP contribution is -2.29. The monoisotopic (exact) mass is 546 g/mol. The van der Waals surface area contributed by atoms with E-state index in [1.54, 1.807) is 17.8 Å². The Hall–Kier alpha value is -3.11. The summed E-state index contributed by atoms with van der Waals surface area (Å²) in [6, 6.07) is 4.86. The van der Waals surface area contributed by atoms with Crippen molar-refractivity contribution in [1.29, 1.82) is 0 Å². The Morgan fingerprint density at radius 2 is 1.76 bits per heavy atom. The predicted molar refractivity (Wildman–Crippen MR) is 148 cm³/mol. The van der Waals surface area contributed by atoms with Crippen molar-refractivity contribution in [2.45, 2.75) is 76.7 Å². The van der Waals surface area contributed by atoms with Gasteiger partial charge in [-0.3, -0.25) is 9.48 Å². The van der Waals surface area contributed by atoms with Crippen LogP contribution in [0.3, 0.4) is 0 Å².